The van der Waals surface area contributed by atoms with Crippen molar-refractivity contribution >= 4 is 57.9 Å². The normalized spacial score (nSPS) is 14.4. The highest BCUT2D eigenvalue weighted by molar-refractivity contribution is 8.18. The Hall–Kier alpha value is -3.53. The van der Waals surface area contributed by atoms with Gasteiger partial charge in [-0.05, 0) is 72.3 Å². The molecule has 37 heavy (non-hydrogen) atoms. The number of non-ortho nitro benzene ring substituents is 1. The third kappa shape index (κ3) is 6.25. The summed E-state index contributed by atoms with van der Waals surface area (Å²) >= 11 is 13.2. The van der Waals surface area contributed by atoms with E-state index < -0.39 is 16.1 Å². The number of nitrogens with zero attached hydrogens (tertiary/aromatic N) is 2. The molecule has 190 valence electrons. The van der Waals surface area contributed by atoms with Crippen LogP contribution in [-0.2, 0) is 17.9 Å². The van der Waals surface area contributed by atoms with Gasteiger partial charge in [-0.15, -0.1) is 0 Å². The molecule has 0 atom stereocenters. The average Bonchev–Trinajstić information content (AvgIpc) is 3.13. The number of carbonyl (C=O) groups excluding carboxylic acids is 2. The summed E-state index contributed by atoms with van der Waals surface area (Å²) < 4.78 is 11.6. The van der Waals surface area contributed by atoms with Crippen molar-refractivity contribution in [2.45, 2.75) is 20.1 Å². The molecule has 11 heteroatoms. The lowest BCUT2D eigenvalue weighted by Crippen LogP contribution is -2.27. The first-order chi connectivity index (χ1) is 17.8. The Bertz CT molecular complexity index is 1370. The molecule has 1 aliphatic heterocycles. The van der Waals surface area contributed by atoms with Crippen LogP contribution in [0, 0.1) is 10.1 Å². The van der Waals surface area contributed by atoms with Crippen LogP contribution in [0.15, 0.2) is 65.6 Å². The molecule has 0 N–H and O–H groups in total. The summed E-state index contributed by atoms with van der Waals surface area (Å²) in [5, 5.41) is 11.2. The molecular weight excluding hydrogens is 539 g/mol. The smallest absolute Gasteiger partial charge is 0.293 e. The number of carbonyl (C=O) groups is 2. The predicted octanol–water partition coefficient (Wildman–Crippen LogP) is 7.12. The molecule has 0 spiro atoms. The summed E-state index contributed by atoms with van der Waals surface area (Å²) in [5.41, 5.74) is 1.90. The number of thioether (sulfide) groups is 1. The van der Waals surface area contributed by atoms with E-state index in [9.17, 15) is 19.7 Å². The van der Waals surface area contributed by atoms with E-state index in [1.165, 1.54) is 12.1 Å². The van der Waals surface area contributed by atoms with Crippen molar-refractivity contribution in [1.82, 2.24) is 4.90 Å². The Labute approximate surface area is 226 Å². The minimum absolute atomic E-state index is 0.00230. The zero-order valence-corrected chi connectivity index (χ0v) is 21.8. The van der Waals surface area contributed by atoms with Crippen molar-refractivity contribution in [3.05, 3.63) is 102 Å². The van der Waals surface area contributed by atoms with Crippen LogP contribution in [0.2, 0.25) is 10.0 Å². The molecular formula is C26H20Cl2N2O6S. The maximum absolute atomic E-state index is 13.0. The van der Waals surface area contributed by atoms with Crippen LogP contribution in [-0.4, -0.2) is 27.6 Å². The highest BCUT2D eigenvalue weighted by Gasteiger charge is 2.35. The van der Waals surface area contributed by atoms with E-state index in [0.717, 1.165) is 22.2 Å². The van der Waals surface area contributed by atoms with Gasteiger partial charge >= 0.3 is 0 Å². The maximum Gasteiger partial charge on any atom is 0.293 e. The number of hydrogen-bond donors (Lipinski definition) is 0. The molecule has 3 aromatic carbocycles. The number of hydrogen-bond acceptors (Lipinski definition) is 7. The van der Waals surface area contributed by atoms with Crippen molar-refractivity contribution in [3.8, 4) is 11.5 Å². The van der Waals surface area contributed by atoms with Gasteiger partial charge in [0.1, 0.15) is 6.61 Å². The highest BCUT2D eigenvalue weighted by atomic mass is 35.5. The van der Waals surface area contributed by atoms with Gasteiger partial charge in [-0.1, -0.05) is 35.3 Å². The molecule has 0 radical (unpaired) electrons. The van der Waals surface area contributed by atoms with E-state index in [1.54, 1.807) is 54.6 Å². The van der Waals surface area contributed by atoms with Crippen molar-refractivity contribution in [3.63, 3.8) is 0 Å². The van der Waals surface area contributed by atoms with Crippen LogP contribution in [0.1, 0.15) is 23.6 Å². The SMILES string of the molecule is CCOc1cc(/C=C2/SC(=O)N(Cc3c(Cl)cccc3Cl)C2=O)ccc1OCc1ccc([N+](=O)[O-])cc1. The summed E-state index contributed by atoms with van der Waals surface area (Å²) in [6, 6.07) is 16.2. The molecule has 0 unspecified atom stereocenters. The molecule has 4 rings (SSSR count). The van der Waals surface area contributed by atoms with Crippen LogP contribution in [0.25, 0.3) is 6.08 Å². The lowest BCUT2D eigenvalue weighted by molar-refractivity contribution is -0.384. The van der Waals surface area contributed by atoms with Gasteiger partial charge in [-0.2, -0.15) is 0 Å². The number of amides is 2. The molecule has 8 nitrogen and oxygen atoms in total. The van der Waals surface area contributed by atoms with E-state index in [-0.39, 0.29) is 23.7 Å². The number of halogens is 2. The van der Waals surface area contributed by atoms with Crippen LogP contribution in [0.5, 0.6) is 11.5 Å². The number of ether oxygens (including phenoxy) is 2. The van der Waals surface area contributed by atoms with Crippen LogP contribution >= 0.6 is 35.0 Å². The third-order valence-electron chi connectivity index (χ3n) is 5.36. The van der Waals surface area contributed by atoms with Crippen molar-refractivity contribution in [2.75, 3.05) is 6.61 Å². The van der Waals surface area contributed by atoms with Crippen LogP contribution in [0.4, 0.5) is 10.5 Å². The third-order valence-corrected chi connectivity index (χ3v) is 6.97. The molecule has 3 aromatic rings. The van der Waals surface area contributed by atoms with Gasteiger partial charge in [-0.25, -0.2) is 0 Å². The molecule has 1 heterocycles. The molecule has 0 aromatic heterocycles. The van der Waals surface area contributed by atoms with E-state index in [4.69, 9.17) is 32.7 Å². The lowest BCUT2D eigenvalue weighted by atomic mass is 10.1. The number of nitro benzene ring substituents is 1. The number of nitro groups is 1. The topological polar surface area (TPSA) is 99.0 Å². The fourth-order valence-corrected chi connectivity index (χ4v) is 4.86. The molecule has 0 bridgehead atoms. The predicted molar refractivity (Wildman–Crippen MR) is 143 cm³/mol. The summed E-state index contributed by atoms with van der Waals surface area (Å²) in [6.07, 6.45) is 1.61. The van der Waals surface area contributed by atoms with Gasteiger partial charge in [0, 0.05) is 27.7 Å². The Morgan fingerprint density at radius 1 is 1.00 bits per heavy atom. The Balaban J connectivity index is 1.50. The largest absolute Gasteiger partial charge is 0.490 e. The van der Waals surface area contributed by atoms with Crippen molar-refractivity contribution in [2.24, 2.45) is 0 Å². The quantitative estimate of drug-likeness (QED) is 0.156. The molecule has 1 fully saturated rings. The second-order valence-electron chi connectivity index (χ2n) is 7.82. The number of benzene rings is 3. The summed E-state index contributed by atoms with van der Waals surface area (Å²) in [7, 11) is 0. The average molecular weight is 559 g/mol. The van der Waals surface area contributed by atoms with Crippen LogP contribution in [0.3, 0.4) is 0 Å². The van der Waals surface area contributed by atoms with E-state index >= 15 is 0 Å². The first-order valence-corrected chi connectivity index (χ1v) is 12.6. The maximum atomic E-state index is 13.0. The fraction of sp³-hybridized carbons (Fsp3) is 0.154. The minimum Gasteiger partial charge on any atom is -0.490 e. The van der Waals surface area contributed by atoms with Gasteiger partial charge in [0.05, 0.1) is 23.0 Å². The van der Waals surface area contributed by atoms with Gasteiger partial charge < -0.3 is 9.47 Å². The zero-order valence-electron chi connectivity index (χ0n) is 19.5. The standard InChI is InChI=1S/C26H20Cl2N2O6S/c1-2-35-23-12-17(8-11-22(23)36-15-16-6-9-18(10-7-16)30(33)34)13-24-25(31)29(26(32)37-24)14-19-20(27)4-3-5-21(19)28/h3-13H,2,14-15H2,1H3/b24-13+. The lowest BCUT2D eigenvalue weighted by Gasteiger charge is -2.15. The second-order valence-corrected chi connectivity index (χ2v) is 9.63. The molecule has 0 aliphatic carbocycles. The zero-order chi connectivity index (χ0) is 26.5. The Morgan fingerprint density at radius 3 is 2.35 bits per heavy atom. The monoisotopic (exact) mass is 558 g/mol. The summed E-state index contributed by atoms with van der Waals surface area (Å²) in [5.74, 6) is 0.488. The van der Waals surface area contributed by atoms with E-state index in [1.807, 2.05) is 6.92 Å². The fourth-order valence-electron chi connectivity index (χ4n) is 3.51. The summed E-state index contributed by atoms with van der Waals surface area (Å²) in [4.78, 5) is 37.3. The van der Waals surface area contributed by atoms with Gasteiger partial charge in [0.2, 0.25) is 0 Å². The second kappa shape index (κ2) is 11.7. The van der Waals surface area contributed by atoms with Gasteiger partial charge in [0.25, 0.3) is 16.8 Å². The molecule has 1 saturated heterocycles. The Morgan fingerprint density at radius 2 is 1.70 bits per heavy atom. The highest BCUT2D eigenvalue weighted by Crippen LogP contribution is 2.37. The molecule has 0 saturated carbocycles. The Kier molecular flexibility index (Phi) is 8.38. The summed E-state index contributed by atoms with van der Waals surface area (Å²) in [6.45, 7) is 2.37. The van der Waals surface area contributed by atoms with E-state index in [0.29, 0.717) is 39.3 Å². The number of imide groups is 1. The molecule has 2 amide bonds. The van der Waals surface area contributed by atoms with E-state index in [2.05, 4.69) is 0 Å². The van der Waals surface area contributed by atoms with Crippen molar-refractivity contribution < 1.29 is 24.0 Å². The minimum atomic E-state index is -0.461. The van der Waals surface area contributed by atoms with Crippen molar-refractivity contribution in [1.29, 1.82) is 0 Å². The molecule has 1 aliphatic rings. The van der Waals surface area contributed by atoms with Gasteiger partial charge in [0.15, 0.2) is 11.5 Å². The first kappa shape index (κ1) is 26.5. The number of rotatable bonds is 9. The van der Waals surface area contributed by atoms with Crippen LogP contribution < -0.4 is 9.47 Å². The first-order valence-electron chi connectivity index (χ1n) is 11.1. The van der Waals surface area contributed by atoms with Gasteiger partial charge in [-0.3, -0.25) is 24.6 Å².